The molecular weight excluding hydrogens is 290 g/mol. The molecule has 0 unspecified atom stereocenters. The molecule has 0 aliphatic carbocycles. The molecule has 3 rings (SSSR count). The highest BCUT2D eigenvalue weighted by atomic mass is 16.5. The maximum absolute atomic E-state index is 5.34. The molecule has 0 fully saturated rings. The molecular formula is C17H19N5O. The summed E-state index contributed by atoms with van der Waals surface area (Å²) in [6, 6.07) is 9.83. The summed E-state index contributed by atoms with van der Waals surface area (Å²) in [5.41, 5.74) is 2.85. The third-order valence-electron chi connectivity index (χ3n) is 3.74. The minimum Gasteiger partial charge on any atom is -0.338 e. The van der Waals surface area contributed by atoms with E-state index in [2.05, 4.69) is 38.9 Å². The van der Waals surface area contributed by atoms with Gasteiger partial charge in [-0.2, -0.15) is 4.98 Å². The van der Waals surface area contributed by atoms with Gasteiger partial charge in [0.05, 0.1) is 12.2 Å². The van der Waals surface area contributed by atoms with Crippen LogP contribution in [-0.4, -0.2) is 38.1 Å². The summed E-state index contributed by atoms with van der Waals surface area (Å²) in [6.07, 6.45) is 3.27. The molecule has 0 saturated heterocycles. The van der Waals surface area contributed by atoms with Crippen LogP contribution in [0.3, 0.4) is 0 Å². The Morgan fingerprint density at radius 2 is 1.74 bits per heavy atom. The first-order chi connectivity index (χ1) is 11.3. The molecule has 2 heterocycles. The molecule has 0 amide bonds. The largest absolute Gasteiger partial charge is 0.338 e. The molecule has 0 saturated carbocycles. The average Bonchev–Trinajstić information content (AvgIpc) is 3.09. The second kappa shape index (κ2) is 7.11. The minimum absolute atomic E-state index is 0.612. The van der Waals surface area contributed by atoms with Crippen molar-refractivity contribution in [3.8, 4) is 22.6 Å². The van der Waals surface area contributed by atoms with Gasteiger partial charge in [0.1, 0.15) is 6.33 Å². The van der Waals surface area contributed by atoms with Gasteiger partial charge in [0, 0.05) is 17.3 Å². The van der Waals surface area contributed by atoms with Crippen molar-refractivity contribution in [2.75, 3.05) is 13.1 Å². The number of rotatable bonds is 6. The van der Waals surface area contributed by atoms with Crippen molar-refractivity contribution in [1.82, 2.24) is 25.0 Å². The molecule has 23 heavy (non-hydrogen) atoms. The van der Waals surface area contributed by atoms with Crippen molar-refractivity contribution >= 4 is 0 Å². The topological polar surface area (TPSA) is 67.9 Å². The van der Waals surface area contributed by atoms with Crippen molar-refractivity contribution in [1.29, 1.82) is 0 Å². The lowest BCUT2D eigenvalue weighted by Gasteiger charge is -2.14. The molecule has 6 nitrogen and oxygen atoms in total. The summed E-state index contributed by atoms with van der Waals surface area (Å²) in [7, 11) is 0. The SMILES string of the molecule is CCN(CC)Cc1nc(-c2ccc(-c3ccncn3)cc2)no1. The van der Waals surface area contributed by atoms with Gasteiger partial charge in [-0.25, -0.2) is 9.97 Å². The zero-order chi connectivity index (χ0) is 16.1. The fourth-order valence-corrected chi connectivity index (χ4v) is 2.33. The summed E-state index contributed by atoms with van der Waals surface area (Å²) >= 11 is 0. The van der Waals surface area contributed by atoms with Crippen molar-refractivity contribution in [2.45, 2.75) is 20.4 Å². The van der Waals surface area contributed by atoms with E-state index < -0.39 is 0 Å². The van der Waals surface area contributed by atoms with E-state index in [0.29, 0.717) is 18.3 Å². The Morgan fingerprint density at radius 1 is 1.00 bits per heavy atom. The van der Waals surface area contributed by atoms with Crippen LogP contribution in [0.25, 0.3) is 22.6 Å². The quantitative estimate of drug-likeness (QED) is 0.697. The summed E-state index contributed by atoms with van der Waals surface area (Å²) < 4.78 is 5.34. The van der Waals surface area contributed by atoms with Crippen molar-refractivity contribution in [3.63, 3.8) is 0 Å². The molecule has 0 spiro atoms. The first-order valence-corrected chi connectivity index (χ1v) is 7.72. The Balaban J connectivity index is 1.76. The maximum Gasteiger partial charge on any atom is 0.241 e. The van der Waals surface area contributed by atoms with E-state index in [0.717, 1.165) is 29.9 Å². The minimum atomic E-state index is 0.612. The van der Waals surface area contributed by atoms with Gasteiger partial charge in [-0.05, 0) is 19.2 Å². The lowest BCUT2D eigenvalue weighted by molar-refractivity contribution is 0.246. The molecule has 3 aromatic rings. The van der Waals surface area contributed by atoms with Crippen LogP contribution < -0.4 is 0 Å². The number of aromatic nitrogens is 4. The molecule has 0 atom stereocenters. The van der Waals surface area contributed by atoms with Gasteiger partial charge in [-0.3, -0.25) is 4.90 Å². The van der Waals surface area contributed by atoms with Gasteiger partial charge in [-0.1, -0.05) is 43.3 Å². The number of nitrogens with zero attached hydrogens (tertiary/aromatic N) is 5. The van der Waals surface area contributed by atoms with Crippen LogP contribution in [0, 0.1) is 0 Å². The number of hydrogen-bond donors (Lipinski definition) is 0. The van der Waals surface area contributed by atoms with E-state index >= 15 is 0 Å². The van der Waals surface area contributed by atoms with E-state index in [9.17, 15) is 0 Å². The lowest BCUT2D eigenvalue weighted by atomic mass is 10.1. The zero-order valence-corrected chi connectivity index (χ0v) is 13.3. The monoisotopic (exact) mass is 309 g/mol. The predicted octanol–water partition coefficient (Wildman–Crippen LogP) is 3.04. The van der Waals surface area contributed by atoms with Crippen LogP contribution in [0.1, 0.15) is 19.7 Å². The molecule has 2 aromatic heterocycles. The second-order valence-corrected chi connectivity index (χ2v) is 5.15. The molecule has 6 heteroatoms. The van der Waals surface area contributed by atoms with Gasteiger partial charge < -0.3 is 4.52 Å². The summed E-state index contributed by atoms with van der Waals surface area (Å²) in [4.78, 5) is 14.9. The van der Waals surface area contributed by atoms with Crippen molar-refractivity contribution in [3.05, 3.63) is 48.7 Å². The zero-order valence-electron chi connectivity index (χ0n) is 13.3. The smallest absolute Gasteiger partial charge is 0.241 e. The van der Waals surface area contributed by atoms with Crippen LogP contribution in [0.15, 0.2) is 47.4 Å². The number of hydrogen-bond acceptors (Lipinski definition) is 6. The highest BCUT2D eigenvalue weighted by molar-refractivity contribution is 5.64. The first kappa shape index (κ1) is 15.3. The van der Waals surface area contributed by atoms with Gasteiger partial charge in [-0.15, -0.1) is 0 Å². The average molecular weight is 309 g/mol. The van der Waals surface area contributed by atoms with Crippen molar-refractivity contribution in [2.24, 2.45) is 0 Å². The Morgan fingerprint density at radius 3 is 2.39 bits per heavy atom. The maximum atomic E-state index is 5.34. The Kier molecular flexibility index (Phi) is 4.73. The highest BCUT2D eigenvalue weighted by Gasteiger charge is 2.11. The third kappa shape index (κ3) is 3.60. The van der Waals surface area contributed by atoms with Crippen LogP contribution in [0.5, 0.6) is 0 Å². The van der Waals surface area contributed by atoms with Crippen LogP contribution in [-0.2, 0) is 6.54 Å². The van der Waals surface area contributed by atoms with Crippen LogP contribution in [0.2, 0.25) is 0 Å². The standard InChI is InChI=1S/C17H19N5O/c1-3-22(4-2)11-16-20-17(21-23-16)14-7-5-13(6-8-14)15-9-10-18-12-19-15/h5-10,12H,3-4,11H2,1-2H3. The van der Waals surface area contributed by atoms with Gasteiger partial charge >= 0.3 is 0 Å². The Hall–Kier alpha value is -2.60. The lowest BCUT2D eigenvalue weighted by Crippen LogP contribution is -2.22. The summed E-state index contributed by atoms with van der Waals surface area (Å²) in [6.45, 7) is 6.84. The summed E-state index contributed by atoms with van der Waals surface area (Å²) in [5, 5.41) is 4.07. The van der Waals surface area contributed by atoms with Crippen LogP contribution in [0.4, 0.5) is 0 Å². The van der Waals surface area contributed by atoms with Crippen LogP contribution >= 0.6 is 0 Å². The Bertz CT molecular complexity index is 735. The van der Waals surface area contributed by atoms with Gasteiger partial charge in [0.25, 0.3) is 0 Å². The van der Waals surface area contributed by atoms with Gasteiger partial charge in [0.2, 0.25) is 11.7 Å². The van der Waals surface area contributed by atoms with E-state index in [1.165, 1.54) is 0 Å². The highest BCUT2D eigenvalue weighted by Crippen LogP contribution is 2.21. The predicted molar refractivity (Wildman–Crippen MR) is 87.4 cm³/mol. The molecule has 0 N–H and O–H groups in total. The summed E-state index contributed by atoms with van der Waals surface area (Å²) in [5.74, 6) is 1.25. The molecule has 1 aromatic carbocycles. The molecule has 118 valence electrons. The fraction of sp³-hybridized carbons (Fsp3) is 0.294. The Labute approximate surface area is 135 Å². The van der Waals surface area contributed by atoms with Crippen molar-refractivity contribution < 1.29 is 4.52 Å². The third-order valence-corrected chi connectivity index (χ3v) is 3.74. The van der Waals surface area contributed by atoms with E-state index in [-0.39, 0.29) is 0 Å². The molecule has 0 aliphatic heterocycles. The fourth-order valence-electron chi connectivity index (χ4n) is 2.33. The normalized spacial score (nSPS) is 11.1. The molecule has 0 radical (unpaired) electrons. The van der Waals surface area contributed by atoms with E-state index in [1.54, 1.807) is 12.5 Å². The second-order valence-electron chi connectivity index (χ2n) is 5.15. The number of benzene rings is 1. The first-order valence-electron chi connectivity index (χ1n) is 7.72. The van der Waals surface area contributed by atoms with E-state index in [1.807, 2.05) is 30.3 Å². The molecule has 0 aliphatic rings. The van der Waals surface area contributed by atoms with Gasteiger partial charge in [0.15, 0.2) is 0 Å². The molecule has 0 bridgehead atoms. The van der Waals surface area contributed by atoms with E-state index in [4.69, 9.17) is 4.52 Å².